The third-order valence-corrected chi connectivity index (χ3v) is 3.68. The van der Waals surface area contributed by atoms with Crippen LogP contribution in [0.4, 0.5) is 10.5 Å². The number of para-hydroxylation sites is 1. The first-order valence-corrected chi connectivity index (χ1v) is 7.50. The van der Waals surface area contributed by atoms with Gasteiger partial charge in [-0.25, -0.2) is 9.78 Å². The number of urea groups is 1. The van der Waals surface area contributed by atoms with Crippen LogP contribution in [-0.4, -0.2) is 35.1 Å². The van der Waals surface area contributed by atoms with Gasteiger partial charge < -0.3 is 15.0 Å². The highest BCUT2D eigenvalue weighted by Gasteiger charge is 2.24. The largest absolute Gasteiger partial charge is 0.474 e. The predicted molar refractivity (Wildman–Crippen MR) is 84.9 cm³/mol. The molecule has 2 aromatic rings. The highest BCUT2D eigenvalue weighted by atomic mass is 16.5. The van der Waals surface area contributed by atoms with Crippen LogP contribution in [0.15, 0.2) is 54.7 Å². The standard InChI is InChI=1S/C17H19N3O2/c21-17(19-14-6-2-1-3-7-14)20-12-9-15(10-13-20)22-16-8-4-5-11-18-16/h1-8,11,15H,9-10,12-13H2,(H,19,21). The van der Waals surface area contributed by atoms with Crippen molar-refractivity contribution in [2.24, 2.45) is 0 Å². The molecule has 3 rings (SSSR count). The zero-order valence-electron chi connectivity index (χ0n) is 12.3. The summed E-state index contributed by atoms with van der Waals surface area (Å²) in [6, 6.07) is 15.1. The topological polar surface area (TPSA) is 54.5 Å². The van der Waals surface area contributed by atoms with Crippen LogP contribution in [0, 0.1) is 0 Å². The second kappa shape index (κ2) is 6.93. The van der Waals surface area contributed by atoms with Crippen molar-refractivity contribution in [3.05, 3.63) is 54.7 Å². The molecule has 1 aromatic heterocycles. The fourth-order valence-electron chi connectivity index (χ4n) is 2.49. The molecule has 2 amide bonds. The molecule has 0 atom stereocenters. The van der Waals surface area contributed by atoms with E-state index >= 15 is 0 Å². The minimum absolute atomic E-state index is 0.0533. The van der Waals surface area contributed by atoms with Crippen LogP contribution < -0.4 is 10.1 Å². The normalized spacial score (nSPS) is 15.4. The Morgan fingerprint density at radius 2 is 1.82 bits per heavy atom. The molecule has 1 aliphatic rings. The van der Waals surface area contributed by atoms with E-state index in [0.29, 0.717) is 19.0 Å². The van der Waals surface area contributed by atoms with Crippen LogP contribution >= 0.6 is 0 Å². The average molecular weight is 297 g/mol. The van der Waals surface area contributed by atoms with E-state index in [-0.39, 0.29) is 12.1 Å². The Morgan fingerprint density at radius 3 is 2.50 bits per heavy atom. The summed E-state index contributed by atoms with van der Waals surface area (Å²) in [7, 11) is 0. The molecule has 0 spiro atoms. The lowest BCUT2D eigenvalue weighted by atomic mass is 10.1. The Balaban J connectivity index is 1.48. The number of nitrogens with one attached hydrogen (secondary N) is 1. The number of hydrogen-bond donors (Lipinski definition) is 1. The molecule has 0 bridgehead atoms. The summed E-state index contributed by atoms with van der Waals surface area (Å²) in [6.45, 7) is 1.38. The van der Waals surface area contributed by atoms with Crippen LogP contribution in [-0.2, 0) is 0 Å². The second-order valence-electron chi connectivity index (χ2n) is 5.27. The molecule has 1 fully saturated rings. The number of anilines is 1. The summed E-state index contributed by atoms with van der Waals surface area (Å²) < 4.78 is 5.83. The number of pyridine rings is 1. The molecule has 5 nitrogen and oxygen atoms in total. The number of rotatable bonds is 3. The minimum Gasteiger partial charge on any atom is -0.474 e. The first-order chi connectivity index (χ1) is 10.8. The summed E-state index contributed by atoms with van der Waals surface area (Å²) in [4.78, 5) is 18.2. The van der Waals surface area contributed by atoms with Gasteiger partial charge >= 0.3 is 6.03 Å². The van der Waals surface area contributed by atoms with E-state index < -0.39 is 0 Å². The summed E-state index contributed by atoms with van der Waals surface area (Å²) in [5, 5.41) is 2.91. The molecule has 0 aliphatic carbocycles. The Kier molecular flexibility index (Phi) is 4.53. The molecule has 114 valence electrons. The van der Waals surface area contributed by atoms with Crippen molar-refractivity contribution in [2.45, 2.75) is 18.9 Å². The lowest BCUT2D eigenvalue weighted by molar-refractivity contribution is 0.111. The number of benzene rings is 1. The monoisotopic (exact) mass is 297 g/mol. The number of piperidine rings is 1. The average Bonchev–Trinajstić information content (AvgIpc) is 2.57. The summed E-state index contributed by atoms with van der Waals surface area (Å²) in [5.74, 6) is 0.648. The minimum atomic E-state index is -0.0533. The molecule has 5 heteroatoms. The number of carbonyl (C=O) groups is 1. The lowest BCUT2D eigenvalue weighted by Crippen LogP contribution is -2.43. The molecule has 1 N–H and O–H groups in total. The van der Waals surface area contributed by atoms with Gasteiger partial charge in [-0.15, -0.1) is 0 Å². The number of carbonyl (C=O) groups excluding carboxylic acids is 1. The maximum Gasteiger partial charge on any atom is 0.321 e. The van der Waals surface area contributed by atoms with E-state index in [1.807, 2.05) is 53.4 Å². The van der Waals surface area contributed by atoms with Gasteiger partial charge in [0.25, 0.3) is 0 Å². The molecule has 0 radical (unpaired) electrons. The molecule has 1 aromatic carbocycles. The molecule has 2 heterocycles. The molecular weight excluding hydrogens is 278 g/mol. The summed E-state index contributed by atoms with van der Waals surface area (Å²) in [6.07, 6.45) is 3.48. The number of hydrogen-bond acceptors (Lipinski definition) is 3. The Labute approximate surface area is 129 Å². The third-order valence-electron chi connectivity index (χ3n) is 3.68. The molecular formula is C17H19N3O2. The highest BCUT2D eigenvalue weighted by Crippen LogP contribution is 2.17. The molecule has 0 saturated carbocycles. The van der Waals surface area contributed by atoms with Crippen molar-refractivity contribution < 1.29 is 9.53 Å². The van der Waals surface area contributed by atoms with Crippen molar-refractivity contribution >= 4 is 11.7 Å². The van der Waals surface area contributed by atoms with Gasteiger partial charge in [0.1, 0.15) is 6.10 Å². The van der Waals surface area contributed by atoms with Gasteiger partial charge in [-0.05, 0) is 18.2 Å². The van der Waals surface area contributed by atoms with Crippen molar-refractivity contribution in [1.29, 1.82) is 0 Å². The van der Waals surface area contributed by atoms with Gasteiger partial charge in [0.05, 0.1) is 0 Å². The van der Waals surface area contributed by atoms with Crippen LogP contribution in [0.25, 0.3) is 0 Å². The van der Waals surface area contributed by atoms with E-state index in [0.717, 1.165) is 18.5 Å². The van der Waals surface area contributed by atoms with Gasteiger partial charge in [0.15, 0.2) is 0 Å². The van der Waals surface area contributed by atoms with Crippen molar-refractivity contribution in [3.8, 4) is 5.88 Å². The van der Waals surface area contributed by atoms with Gasteiger partial charge in [-0.3, -0.25) is 0 Å². The summed E-state index contributed by atoms with van der Waals surface area (Å²) in [5.41, 5.74) is 0.819. The van der Waals surface area contributed by atoms with Gasteiger partial charge in [0.2, 0.25) is 5.88 Å². The van der Waals surface area contributed by atoms with Crippen LogP contribution in [0.2, 0.25) is 0 Å². The van der Waals surface area contributed by atoms with Gasteiger partial charge in [-0.2, -0.15) is 0 Å². The maximum atomic E-state index is 12.2. The van der Waals surface area contributed by atoms with E-state index in [9.17, 15) is 4.79 Å². The predicted octanol–water partition coefficient (Wildman–Crippen LogP) is 3.16. The van der Waals surface area contributed by atoms with Crippen LogP contribution in [0.1, 0.15) is 12.8 Å². The first kappa shape index (κ1) is 14.4. The van der Waals surface area contributed by atoms with Crippen molar-refractivity contribution in [1.82, 2.24) is 9.88 Å². The number of ether oxygens (including phenoxy) is 1. The van der Waals surface area contributed by atoms with Gasteiger partial charge in [-0.1, -0.05) is 24.3 Å². The zero-order chi connectivity index (χ0) is 15.2. The fourth-order valence-corrected chi connectivity index (χ4v) is 2.49. The van der Waals surface area contributed by atoms with Crippen molar-refractivity contribution in [3.63, 3.8) is 0 Å². The SMILES string of the molecule is O=C(Nc1ccccc1)N1CCC(Oc2ccccn2)CC1. The Hall–Kier alpha value is -2.56. The zero-order valence-corrected chi connectivity index (χ0v) is 12.3. The van der Waals surface area contributed by atoms with Gasteiger partial charge in [0, 0.05) is 43.9 Å². The van der Waals surface area contributed by atoms with E-state index in [1.54, 1.807) is 6.20 Å². The number of aromatic nitrogens is 1. The van der Waals surface area contributed by atoms with Crippen molar-refractivity contribution in [2.75, 3.05) is 18.4 Å². The highest BCUT2D eigenvalue weighted by molar-refractivity contribution is 5.89. The number of nitrogens with zero attached hydrogens (tertiary/aromatic N) is 2. The van der Waals surface area contributed by atoms with E-state index in [1.165, 1.54) is 0 Å². The lowest BCUT2D eigenvalue weighted by Gasteiger charge is -2.31. The quantitative estimate of drug-likeness (QED) is 0.947. The molecule has 1 saturated heterocycles. The van der Waals surface area contributed by atoms with E-state index in [2.05, 4.69) is 10.3 Å². The fraction of sp³-hybridized carbons (Fsp3) is 0.294. The first-order valence-electron chi connectivity index (χ1n) is 7.50. The third kappa shape index (κ3) is 3.75. The Bertz CT molecular complexity index is 596. The maximum absolute atomic E-state index is 12.2. The number of likely N-dealkylation sites (tertiary alicyclic amines) is 1. The molecule has 1 aliphatic heterocycles. The second-order valence-corrected chi connectivity index (χ2v) is 5.27. The summed E-state index contributed by atoms with van der Waals surface area (Å²) >= 11 is 0. The molecule has 0 unspecified atom stereocenters. The van der Waals surface area contributed by atoms with Crippen LogP contribution in [0.5, 0.6) is 5.88 Å². The number of amides is 2. The molecule has 22 heavy (non-hydrogen) atoms. The van der Waals surface area contributed by atoms with E-state index in [4.69, 9.17) is 4.74 Å². The van der Waals surface area contributed by atoms with Crippen LogP contribution in [0.3, 0.4) is 0 Å². The smallest absolute Gasteiger partial charge is 0.321 e. The Morgan fingerprint density at radius 1 is 1.09 bits per heavy atom.